The summed E-state index contributed by atoms with van der Waals surface area (Å²) in [5, 5.41) is 2.89. The largest absolute Gasteiger partial charge is 0.341 e. The highest BCUT2D eigenvalue weighted by Crippen LogP contribution is 2.24. The van der Waals surface area contributed by atoms with Crippen molar-refractivity contribution >= 4 is 28.8 Å². The number of rotatable bonds is 6. The maximum Gasteiger partial charge on any atom is 0.289 e. The first-order valence-electron chi connectivity index (χ1n) is 10.00. The zero-order valence-corrected chi connectivity index (χ0v) is 17.9. The molecule has 0 aromatic heterocycles. The van der Waals surface area contributed by atoms with Crippen LogP contribution >= 0.6 is 11.8 Å². The molecule has 0 bridgehead atoms. The summed E-state index contributed by atoms with van der Waals surface area (Å²) < 4.78 is 0. The minimum absolute atomic E-state index is 0.172. The minimum atomic E-state index is -0.295. The molecule has 3 amide bonds. The summed E-state index contributed by atoms with van der Waals surface area (Å²) in [5.74, 6) is -0.244. The summed E-state index contributed by atoms with van der Waals surface area (Å²) in [7, 11) is 0. The fourth-order valence-corrected chi connectivity index (χ4v) is 4.23. The summed E-state index contributed by atoms with van der Waals surface area (Å²) in [5.41, 5.74) is 4.35. The van der Waals surface area contributed by atoms with Crippen molar-refractivity contribution in [2.75, 3.05) is 5.75 Å². The molecule has 156 valence electrons. The molecule has 1 fully saturated rings. The van der Waals surface area contributed by atoms with E-state index in [1.165, 1.54) is 4.90 Å². The predicted molar refractivity (Wildman–Crippen MR) is 122 cm³/mol. The van der Waals surface area contributed by atoms with E-state index in [4.69, 9.17) is 0 Å². The fraction of sp³-hybridized carbons (Fsp3) is 0.160. The van der Waals surface area contributed by atoms with Crippen molar-refractivity contribution in [3.63, 3.8) is 0 Å². The van der Waals surface area contributed by atoms with Crippen LogP contribution in [0.25, 0.3) is 0 Å². The molecule has 0 aliphatic carbocycles. The molecule has 1 N–H and O–H groups in total. The van der Waals surface area contributed by atoms with Crippen molar-refractivity contribution < 1.29 is 14.4 Å². The zero-order chi connectivity index (χ0) is 21.8. The summed E-state index contributed by atoms with van der Waals surface area (Å²) in [6, 6.07) is 24.7. The summed E-state index contributed by atoms with van der Waals surface area (Å²) in [6.07, 6.45) is 0. The molecule has 1 aliphatic rings. The predicted octanol–water partition coefficient (Wildman–Crippen LogP) is 4.71. The van der Waals surface area contributed by atoms with Crippen LogP contribution in [0, 0.1) is 6.92 Å². The van der Waals surface area contributed by atoms with Gasteiger partial charge >= 0.3 is 0 Å². The topological polar surface area (TPSA) is 66.5 Å². The third-order valence-corrected chi connectivity index (χ3v) is 6.05. The lowest BCUT2D eigenvalue weighted by atomic mass is 9.97. The molecule has 1 aliphatic heterocycles. The molecule has 3 aromatic rings. The van der Waals surface area contributed by atoms with Crippen molar-refractivity contribution in [1.29, 1.82) is 0 Å². The molecule has 0 spiro atoms. The normalized spacial score (nSPS) is 14.5. The molecule has 1 atom stereocenters. The van der Waals surface area contributed by atoms with Crippen molar-refractivity contribution in [2.45, 2.75) is 19.5 Å². The van der Waals surface area contributed by atoms with E-state index in [1.54, 1.807) is 18.2 Å². The van der Waals surface area contributed by atoms with E-state index < -0.39 is 0 Å². The Morgan fingerprint density at radius 1 is 0.968 bits per heavy atom. The van der Waals surface area contributed by atoms with E-state index in [9.17, 15) is 14.4 Å². The molecule has 1 saturated heterocycles. The van der Waals surface area contributed by atoms with Gasteiger partial charge in [0.25, 0.3) is 11.1 Å². The molecular formula is C25H22N2O3S. The Morgan fingerprint density at radius 2 is 1.68 bits per heavy atom. The number of carbonyl (C=O) groups excluding carboxylic acids is 3. The highest BCUT2D eigenvalue weighted by Gasteiger charge is 2.29. The first kappa shape index (κ1) is 20.9. The van der Waals surface area contributed by atoms with Crippen LogP contribution in [0.5, 0.6) is 0 Å². The Balaban J connectivity index is 1.57. The van der Waals surface area contributed by atoms with Crippen LogP contribution in [-0.4, -0.2) is 27.7 Å². The smallest absolute Gasteiger partial charge is 0.289 e. The van der Waals surface area contributed by atoms with Crippen LogP contribution in [-0.2, 0) is 11.3 Å². The highest BCUT2D eigenvalue weighted by atomic mass is 32.2. The number of amides is 3. The Kier molecular flexibility index (Phi) is 6.18. The van der Waals surface area contributed by atoms with Gasteiger partial charge in [0.2, 0.25) is 5.91 Å². The van der Waals surface area contributed by atoms with Crippen LogP contribution in [0.2, 0.25) is 0 Å². The van der Waals surface area contributed by atoms with Gasteiger partial charge in [0.15, 0.2) is 0 Å². The van der Waals surface area contributed by atoms with Gasteiger partial charge in [0.05, 0.1) is 18.3 Å². The van der Waals surface area contributed by atoms with Crippen molar-refractivity contribution in [3.05, 3.63) is 107 Å². The standard InChI is InChI=1S/C25H22N2O3S/c1-17-10-12-20(13-11-17)23(19-7-3-2-4-8-19)26-24(29)21-9-5-6-18(14-21)15-27-22(28)16-31-25(27)30/h2-14,23H,15-16H2,1H3,(H,26,29). The second kappa shape index (κ2) is 9.18. The molecule has 3 aromatic carbocycles. The van der Waals surface area contributed by atoms with Gasteiger partial charge in [-0.25, -0.2) is 0 Å². The lowest BCUT2D eigenvalue weighted by Gasteiger charge is -2.20. The molecule has 1 unspecified atom stereocenters. The summed E-state index contributed by atoms with van der Waals surface area (Å²) in [4.78, 5) is 38.1. The molecule has 6 heteroatoms. The van der Waals surface area contributed by atoms with Gasteiger partial charge in [-0.1, -0.05) is 84.1 Å². The third kappa shape index (κ3) is 4.86. The molecule has 31 heavy (non-hydrogen) atoms. The highest BCUT2D eigenvalue weighted by molar-refractivity contribution is 8.14. The molecule has 5 nitrogen and oxygen atoms in total. The first-order valence-corrected chi connectivity index (χ1v) is 11.0. The van der Waals surface area contributed by atoms with E-state index in [0.717, 1.165) is 34.0 Å². The monoisotopic (exact) mass is 430 g/mol. The summed E-state index contributed by atoms with van der Waals surface area (Å²) in [6.45, 7) is 2.20. The van der Waals surface area contributed by atoms with Crippen molar-refractivity contribution in [2.24, 2.45) is 0 Å². The summed E-state index contributed by atoms with van der Waals surface area (Å²) >= 11 is 1.01. The van der Waals surface area contributed by atoms with Crippen LogP contribution in [0.3, 0.4) is 0 Å². The maximum atomic E-state index is 13.1. The Bertz CT molecular complexity index is 1100. The van der Waals surface area contributed by atoms with E-state index in [0.29, 0.717) is 5.56 Å². The third-order valence-electron chi connectivity index (χ3n) is 5.19. The van der Waals surface area contributed by atoms with Gasteiger partial charge in [-0.3, -0.25) is 19.3 Å². The van der Waals surface area contributed by atoms with E-state index >= 15 is 0 Å². The molecule has 0 saturated carbocycles. The first-order chi connectivity index (χ1) is 15.0. The maximum absolute atomic E-state index is 13.1. The number of imide groups is 1. The SMILES string of the molecule is Cc1ccc(C(NC(=O)c2cccc(CN3C(=O)CSC3=O)c2)c2ccccc2)cc1. The van der Waals surface area contributed by atoms with Gasteiger partial charge in [0, 0.05) is 5.56 Å². The second-order valence-corrected chi connectivity index (χ2v) is 8.39. The number of carbonyl (C=O) groups is 3. The van der Waals surface area contributed by atoms with Gasteiger partial charge in [0.1, 0.15) is 0 Å². The van der Waals surface area contributed by atoms with E-state index in [2.05, 4.69) is 5.32 Å². The number of aryl methyl sites for hydroxylation is 1. The van der Waals surface area contributed by atoms with Crippen LogP contribution in [0.4, 0.5) is 4.79 Å². The number of benzene rings is 3. The fourth-order valence-electron chi connectivity index (χ4n) is 3.51. The van der Waals surface area contributed by atoms with Crippen LogP contribution < -0.4 is 5.32 Å². The van der Waals surface area contributed by atoms with Crippen LogP contribution in [0.1, 0.15) is 38.7 Å². The average Bonchev–Trinajstić information content (AvgIpc) is 3.11. The molecule has 4 rings (SSSR count). The van der Waals surface area contributed by atoms with Gasteiger partial charge < -0.3 is 5.32 Å². The minimum Gasteiger partial charge on any atom is -0.341 e. The number of thioether (sulfide) groups is 1. The van der Waals surface area contributed by atoms with Crippen molar-refractivity contribution in [3.8, 4) is 0 Å². The number of hydrogen-bond acceptors (Lipinski definition) is 4. The lowest BCUT2D eigenvalue weighted by Crippen LogP contribution is -2.30. The van der Waals surface area contributed by atoms with E-state index in [-0.39, 0.29) is 35.4 Å². The Hall–Kier alpha value is -3.38. The Morgan fingerprint density at radius 3 is 2.35 bits per heavy atom. The van der Waals surface area contributed by atoms with E-state index in [1.807, 2.05) is 67.6 Å². The molecule has 1 heterocycles. The van der Waals surface area contributed by atoms with Gasteiger partial charge in [-0.15, -0.1) is 0 Å². The van der Waals surface area contributed by atoms with Crippen molar-refractivity contribution in [1.82, 2.24) is 10.2 Å². The quantitative estimate of drug-likeness (QED) is 0.615. The number of nitrogens with one attached hydrogen (secondary N) is 1. The number of hydrogen-bond donors (Lipinski definition) is 1. The average molecular weight is 431 g/mol. The number of nitrogens with zero attached hydrogens (tertiary/aromatic N) is 1. The molecular weight excluding hydrogens is 408 g/mol. The second-order valence-electron chi connectivity index (χ2n) is 7.46. The lowest BCUT2D eigenvalue weighted by molar-refractivity contribution is -0.125. The van der Waals surface area contributed by atoms with Gasteiger partial charge in [-0.2, -0.15) is 0 Å². The molecule has 0 radical (unpaired) electrons. The Labute approximate surface area is 185 Å². The van der Waals surface area contributed by atoms with Crippen LogP contribution in [0.15, 0.2) is 78.9 Å². The van der Waals surface area contributed by atoms with Gasteiger partial charge in [-0.05, 0) is 35.7 Å². The zero-order valence-electron chi connectivity index (χ0n) is 17.1.